The average molecular weight is 482 g/mol. The van der Waals surface area contributed by atoms with Crippen molar-refractivity contribution in [3.63, 3.8) is 0 Å². The summed E-state index contributed by atoms with van der Waals surface area (Å²) in [7, 11) is 0. The SMILES string of the molecule is CC(NC(=O)c1cc(C2CC2)nc(C(F)(F)F)c1)c1nc(Br)nn1-c1ncccn1. The molecular formula is C18H15BrF3N7O. The molecule has 1 unspecified atom stereocenters. The fourth-order valence-corrected chi connectivity index (χ4v) is 3.23. The van der Waals surface area contributed by atoms with Crippen LogP contribution in [0.3, 0.4) is 0 Å². The zero-order valence-corrected chi connectivity index (χ0v) is 17.1. The lowest BCUT2D eigenvalue weighted by Gasteiger charge is -2.15. The normalized spacial score (nSPS) is 15.1. The van der Waals surface area contributed by atoms with E-state index in [2.05, 4.69) is 46.3 Å². The Labute approximate surface area is 177 Å². The molecule has 1 amide bonds. The molecule has 30 heavy (non-hydrogen) atoms. The van der Waals surface area contributed by atoms with E-state index in [0.717, 1.165) is 18.9 Å². The van der Waals surface area contributed by atoms with Crippen molar-refractivity contribution in [3.05, 3.63) is 58.1 Å². The number of alkyl halides is 3. The molecule has 0 aromatic carbocycles. The standard InChI is InChI=1S/C18H15BrF3N7O/c1-9(14-27-16(19)28-29(14)17-23-5-2-6-24-17)25-15(30)11-7-12(10-3-4-10)26-13(8-11)18(20,21)22/h2,5-10H,3-4H2,1H3,(H,25,30). The number of nitrogens with zero attached hydrogens (tertiary/aromatic N) is 6. The van der Waals surface area contributed by atoms with Crippen LogP contribution in [0.5, 0.6) is 0 Å². The van der Waals surface area contributed by atoms with E-state index >= 15 is 0 Å². The molecular weight excluding hydrogens is 467 g/mol. The molecule has 1 aliphatic carbocycles. The minimum Gasteiger partial charge on any atom is -0.342 e. The maximum Gasteiger partial charge on any atom is 0.433 e. The number of halogens is 4. The van der Waals surface area contributed by atoms with E-state index < -0.39 is 23.8 Å². The molecule has 0 radical (unpaired) electrons. The van der Waals surface area contributed by atoms with Crippen LogP contribution < -0.4 is 5.32 Å². The number of pyridine rings is 1. The maximum atomic E-state index is 13.2. The van der Waals surface area contributed by atoms with Gasteiger partial charge in [0.1, 0.15) is 5.69 Å². The van der Waals surface area contributed by atoms with Crippen molar-refractivity contribution in [2.45, 2.75) is 37.9 Å². The fraction of sp³-hybridized carbons (Fsp3) is 0.333. The van der Waals surface area contributed by atoms with Crippen LogP contribution in [0.1, 0.15) is 59.3 Å². The van der Waals surface area contributed by atoms with Crippen molar-refractivity contribution in [1.29, 1.82) is 0 Å². The molecule has 3 heterocycles. The summed E-state index contributed by atoms with van der Waals surface area (Å²) in [6, 6.07) is 3.12. The summed E-state index contributed by atoms with van der Waals surface area (Å²) in [5, 5.41) is 6.83. The Balaban J connectivity index is 1.61. The molecule has 0 spiro atoms. The first-order valence-corrected chi connectivity index (χ1v) is 9.81. The van der Waals surface area contributed by atoms with Crippen LogP contribution in [0.15, 0.2) is 35.3 Å². The summed E-state index contributed by atoms with van der Waals surface area (Å²) in [6.07, 6.45) is -0.0544. The second kappa shape index (κ2) is 7.74. The summed E-state index contributed by atoms with van der Waals surface area (Å²) >= 11 is 3.18. The first-order valence-electron chi connectivity index (χ1n) is 9.02. The Kier molecular flexibility index (Phi) is 5.26. The summed E-state index contributed by atoms with van der Waals surface area (Å²) in [5.74, 6) is -0.150. The van der Waals surface area contributed by atoms with Gasteiger partial charge in [-0.05, 0) is 53.9 Å². The van der Waals surface area contributed by atoms with Crippen molar-refractivity contribution >= 4 is 21.8 Å². The molecule has 156 valence electrons. The molecule has 1 aliphatic rings. The summed E-state index contributed by atoms with van der Waals surface area (Å²) in [6.45, 7) is 1.64. The molecule has 4 rings (SSSR count). The molecule has 1 N–H and O–H groups in total. The first kappa shape index (κ1) is 20.4. The molecule has 1 saturated carbocycles. The Morgan fingerprint density at radius 3 is 2.57 bits per heavy atom. The van der Waals surface area contributed by atoms with E-state index in [-0.39, 0.29) is 27.9 Å². The van der Waals surface area contributed by atoms with E-state index in [9.17, 15) is 18.0 Å². The summed E-state index contributed by atoms with van der Waals surface area (Å²) < 4.78 is 41.3. The van der Waals surface area contributed by atoms with E-state index in [1.807, 2.05) is 0 Å². The second-order valence-corrected chi connectivity index (χ2v) is 7.54. The third-order valence-electron chi connectivity index (χ3n) is 4.48. The van der Waals surface area contributed by atoms with Crippen LogP contribution in [-0.4, -0.2) is 35.6 Å². The highest BCUT2D eigenvalue weighted by atomic mass is 79.9. The molecule has 8 nitrogen and oxygen atoms in total. The van der Waals surface area contributed by atoms with Crippen LogP contribution in [0.4, 0.5) is 13.2 Å². The van der Waals surface area contributed by atoms with Gasteiger partial charge >= 0.3 is 6.18 Å². The minimum absolute atomic E-state index is 0.0365. The van der Waals surface area contributed by atoms with Crippen molar-refractivity contribution in [1.82, 2.24) is 35.0 Å². The lowest BCUT2D eigenvalue weighted by atomic mass is 10.1. The first-order chi connectivity index (χ1) is 14.2. The number of rotatable bonds is 5. The molecule has 3 aromatic heterocycles. The smallest absolute Gasteiger partial charge is 0.342 e. The van der Waals surface area contributed by atoms with E-state index in [4.69, 9.17) is 0 Å². The lowest BCUT2D eigenvalue weighted by molar-refractivity contribution is -0.141. The van der Waals surface area contributed by atoms with Crippen LogP contribution >= 0.6 is 15.9 Å². The monoisotopic (exact) mass is 481 g/mol. The highest BCUT2D eigenvalue weighted by Crippen LogP contribution is 2.40. The summed E-state index contributed by atoms with van der Waals surface area (Å²) in [5.41, 5.74) is -0.897. The lowest BCUT2D eigenvalue weighted by Crippen LogP contribution is -2.29. The molecule has 0 saturated heterocycles. The molecule has 3 aromatic rings. The van der Waals surface area contributed by atoms with Crippen LogP contribution in [0, 0.1) is 0 Å². The fourth-order valence-electron chi connectivity index (χ4n) is 2.89. The predicted molar refractivity (Wildman–Crippen MR) is 102 cm³/mol. The molecule has 0 aliphatic heterocycles. The third-order valence-corrected chi connectivity index (χ3v) is 4.81. The van der Waals surface area contributed by atoms with Crippen molar-refractivity contribution in [2.24, 2.45) is 0 Å². The van der Waals surface area contributed by atoms with Gasteiger partial charge in [0.2, 0.25) is 4.73 Å². The average Bonchev–Trinajstić information content (AvgIpc) is 3.49. The van der Waals surface area contributed by atoms with Crippen LogP contribution in [-0.2, 0) is 6.18 Å². The summed E-state index contributed by atoms with van der Waals surface area (Å²) in [4.78, 5) is 28.9. The topological polar surface area (TPSA) is 98.5 Å². The molecule has 12 heteroatoms. The Hall–Kier alpha value is -2.89. The van der Waals surface area contributed by atoms with Gasteiger partial charge in [-0.25, -0.2) is 19.9 Å². The number of hydrogen-bond donors (Lipinski definition) is 1. The van der Waals surface area contributed by atoms with Gasteiger partial charge in [-0.15, -0.1) is 5.10 Å². The van der Waals surface area contributed by atoms with Crippen molar-refractivity contribution in [3.8, 4) is 5.95 Å². The molecule has 1 fully saturated rings. The van der Waals surface area contributed by atoms with Gasteiger partial charge in [0.05, 0.1) is 6.04 Å². The third kappa shape index (κ3) is 4.32. The highest BCUT2D eigenvalue weighted by Gasteiger charge is 2.36. The van der Waals surface area contributed by atoms with Crippen LogP contribution in [0.2, 0.25) is 0 Å². The van der Waals surface area contributed by atoms with E-state index in [1.54, 1.807) is 13.0 Å². The number of carbonyl (C=O) groups excluding carboxylic acids is 1. The second-order valence-electron chi connectivity index (χ2n) is 6.83. The van der Waals surface area contributed by atoms with Crippen LogP contribution in [0.25, 0.3) is 5.95 Å². The molecule has 1 atom stereocenters. The molecule has 0 bridgehead atoms. The van der Waals surface area contributed by atoms with Gasteiger partial charge < -0.3 is 5.32 Å². The predicted octanol–water partition coefficient (Wildman–Crippen LogP) is 3.60. The number of amides is 1. The zero-order valence-electron chi connectivity index (χ0n) is 15.6. The zero-order chi connectivity index (χ0) is 21.5. The van der Waals surface area contributed by atoms with E-state index in [1.165, 1.54) is 23.1 Å². The largest absolute Gasteiger partial charge is 0.433 e. The maximum absolute atomic E-state index is 13.2. The Bertz CT molecular complexity index is 1080. The highest BCUT2D eigenvalue weighted by molar-refractivity contribution is 9.10. The number of aromatic nitrogens is 6. The number of nitrogens with one attached hydrogen (secondary N) is 1. The Morgan fingerprint density at radius 2 is 1.93 bits per heavy atom. The number of hydrogen-bond acceptors (Lipinski definition) is 6. The minimum atomic E-state index is -4.64. The van der Waals surface area contributed by atoms with Gasteiger partial charge in [0, 0.05) is 29.6 Å². The van der Waals surface area contributed by atoms with Gasteiger partial charge in [-0.3, -0.25) is 4.79 Å². The van der Waals surface area contributed by atoms with Gasteiger partial charge in [-0.2, -0.15) is 17.9 Å². The number of carbonyl (C=O) groups is 1. The van der Waals surface area contributed by atoms with Gasteiger partial charge in [-0.1, -0.05) is 0 Å². The Morgan fingerprint density at radius 1 is 1.23 bits per heavy atom. The van der Waals surface area contributed by atoms with Crippen molar-refractivity contribution in [2.75, 3.05) is 0 Å². The van der Waals surface area contributed by atoms with Gasteiger partial charge in [0.15, 0.2) is 5.82 Å². The quantitative estimate of drug-likeness (QED) is 0.597. The van der Waals surface area contributed by atoms with E-state index in [0.29, 0.717) is 5.82 Å². The van der Waals surface area contributed by atoms with Gasteiger partial charge in [0.25, 0.3) is 11.9 Å². The van der Waals surface area contributed by atoms with Crippen molar-refractivity contribution < 1.29 is 18.0 Å².